The first-order valence-corrected chi connectivity index (χ1v) is 7.19. The fraction of sp³-hybridized carbons (Fsp3) is 0.562. The number of hydrogen-bond donors (Lipinski definition) is 0. The topological polar surface area (TPSA) is 63.2 Å². The molecule has 1 aromatic carbocycles. The maximum absolute atomic E-state index is 11.1. The van der Waals surface area contributed by atoms with Gasteiger partial charge in [0, 0.05) is 7.11 Å². The third kappa shape index (κ3) is 8.61. The Bertz CT molecular complexity index is 404. The number of benzene rings is 1. The van der Waals surface area contributed by atoms with E-state index in [2.05, 4.69) is 4.74 Å². The monoisotopic (exact) mass is 312 g/mol. The second-order valence-electron chi connectivity index (χ2n) is 4.46. The molecule has 0 fully saturated rings. The van der Waals surface area contributed by atoms with Gasteiger partial charge in [-0.2, -0.15) is 0 Å². The van der Waals surface area contributed by atoms with Crippen LogP contribution in [0.4, 0.5) is 0 Å². The van der Waals surface area contributed by atoms with E-state index in [0.717, 1.165) is 11.3 Å². The SMILES string of the molecule is COCCOCCOCCOc1ccc(CC(=O)OC)cc1. The van der Waals surface area contributed by atoms with E-state index in [9.17, 15) is 4.79 Å². The van der Waals surface area contributed by atoms with Crippen molar-refractivity contribution in [2.24, 2.45) is 0 Å². The Balaban J connectivity index is 2.06. The van der Waals surface area contributed by atoms with E-state index in [1.54, 1.807) is 7.11 Å². The molecule has 124 valence electrons. The van der Waals surface area contributed by atoms with Crippen LogP contribution in [0.5, 0.6) is 5.75 Å². The highest BCUT2D eigenvalue weighted by Crippen LogP contribution is 2.12. The van der Waals surface area contributed by atoms with E-state index in [1.807, 2.05) is 24.3 Å². The first-order chi connectivity index (χ1) is 10.8. The number of carbonyl (C=O) groups excluding carboxylic acids is 1. The molecule has 22 heavy (non-hydrogen) atoms. The normalized spacial score (nSPS) is 10.5. The predicted octanol–water partition coefficient (Wildman–Crippen LogP) is 1.46. The largest absolute Gasteiger partial charge is 0.491 e. The van der Waals surface area contributed by atoms with Crippen LogP contribution in [-0.4, -0.2) is 59.8 Å². The Kier molecular flexibility index (Phi) is 10.0. The van der Waals surface area contributed by atoms with Crippen LogP contribution in [0.15, 0.2) is 24.3 Å². The second kappa shape index (κ2) is 12.0. The lowest BCUT2D eigenvalue weighted by Gasteiger charge is -2.08. The average molecular weight is 312 g/mol. The molecular weight excluding hydrogens is 288 g/mol. The lowest BCUT2D eigenvalue weighted by molar-refractivity contribution is -0.139. The fourth-order valence-corrected chi connectivity index (χ4v) is 1.63. The smallest absolute Gasteiger partial charge is 0.309 e. The van der Waals surface area contributed by atoms with E-state index >= 15 is 0 Å². The zero-order valence-electron chi connectivity index (χ0n) is 13.2. The van der Waals surface area contributed by atoms with E-state index in [1.165, 1.54) is 7.11 Å². The Morgan fingerprint density at radius 3 is 2.05 bits per heavy atom. The minimum absolute atomic E-state index is 0.255. The molecule has 0 saturated heterocycles. The molecular formula is C16H24O6. The van der Waals surface area contributed by atoms with Gasteiger partial charge in [0.05, 0.1) is 46.6 Å². The molecule has 0 aliphatic heterocycles. The van der Waals surface area contributed by atoms with Gasteiger partial charge in [0.15, 0.2) is 0 Å². The van der Waals surface area contributed by atoms with E-state index < -0.39 is 0 Å². The number of carbonyl (C=O) groups is 1. The highest BCUT2D eigenvalue weighted by Gasteiger charge is 2.02. The number of hydrogen-bond acceptors (Lipinski definition) is 6. The third-order valence-corrected chi connectivity index (χ3v) is 2.80. The van der Waals surface area contributed by atoms with E-state index in [0.29, 0.717) is 39.6 Å². The summed E-state index contributed by atoms with van der Waals surface area (Å²) in [6.07, 6.45) is 0.267. The molecule has 0 heterocycles. The van der Waals surface area contributed by atoms with Gasteiger partial charge in [-0.1, -0.05) is 12.1 Å². The summed E-state index contributed by atoms with van der Waals surface area (Å²) in [5.41, 5.74) is 0.892. The second-order valence-corrected chi connectivity index (χ2v) is 4.46. The molecule has 6 nitrogen and oxygen atoms in total. The Morgan fingerprint density at radius 2 is 1.45 bits per heavy atom. The molecule has 0 radical (unpaired) electrons. The van der Waals surface area contributed by atoms with Crippen LogP contribution < -0.4 is 4.74 Å². The van der Waals surface area contributed by atoms with Crippen molar-refractivity contribution in [3.8, 4) is 5.75 Å². The van der Waals surface area contributed by atoms with Gasteiger partial charge in [-0.25, -0.2) is 0 Å². The summed E-state index contributed by atoms with van der Waals surface area (Å²) in [6.45, 7) is 3.21. The van der Waals surface area contributed by atoms with Gasteiger partial charge in [-0.05, 0) is 17.7 Å². The van der Waals surface area contributed by atoms with Crippen LogP contribution in [0.1, 0.15) is 5.56 Å². The molecule has 0 spiro atoms. The quantitative estimate of drug-likeness (QED) is 0.430. The maximum Gasteiger partial charge on any atom is 0.309 e. The van der Waals surface area contributed by atoms with E-state index in [4.69, 9.17) is 18.9 Å². The first-order valence-electron chi connectivity index (χ1n) is 7.19. The summed E-state index contributed by atoms with van der Waals surface area (Å²) in [7, 11) is 3.02. The van der Waals surface area contributed by atoms with Gasteiger partial charge >= 0.3 is 5.97 Å². The molecule has 0 N–H and O–H groups in total. The minimum atomic E-state index is -0.255. The van der Waals surface area contributed by atoms with Gasteiger partial charge in [0.25, 0.3) is 0 Å². The lowest BCUT2D eigenvalue weighted by Crippen LogP contribution is -2.12. The fourth-order valence-electron chi connectivity index (χ4n) is 1.63. The molecule has 0 aliphatic rings. The van der Waals surface area contributed by atoms with Gasteiger partial charge < -0.3 is 23.7 Å². The molecule has 0 aliphatic carbocycles. The van der Waals surface area contributed by atoms with Crippen molar-refractivity contribution >= 4 is 5.97 Å². The van der Waals surface area contributed by atoms with Crippen LogP contribution in [0.3, 0.4) is 0 Å². The molecule has 0 bridgehead atoms. The molecule has 1 aromatic rings. The molecule has 0 atom stereocenters. The van der Waals surface area contributed by atoms with Gasteiger partial charge in [0.2, 0.25) is 0 Å². The standard InChI is InChI=1S/C16H24O6/c1-18-7-8-20-9-10-21-11-12-22-15-5-3-14(4-6-15)13-16(17)19-2/h3-6H,7-13H2,1-2H3. The van der Waals surface area contributed by atoms with Crippen molar-refractivity contribution in [1.82, 2.24) is 0 Å². The zero-order valence-corrected chi connectivity index (χ0v) is 13.2. The Labute approximate surface area is 131 Å². The van der Waals surface area contributed by atoms with Crippen molar-refractivity contribution in [3.63, 3.8) is 0 Å². The third-order valence-electron chi connectivity index (χ3n) is 2.80. The van der Waals surface area contributed by atoms with Crippen molar-refractivity contribution in [2.45, 2.75) is 6.42 Å². The van der Waals surface area contributed by atoms with Crippen molar-refractivity contribution in [3.05, 3.63) is 29.8 Å². The summed E-state index contributed by atoms with van der Waals surface area (Å²) in [4.78, 5) is 11.1. The Hall–Kier alpha value is -1.63. The molecule has 0 unspecified atom stereocenters. The van der Waals surface area contributed by atoms with Crippen LogP contribution >= 0.6 is 0 Å². The summed E-state index contributed by atoms with van der Waals surface area (Å²) >= 11 is 0. The number of methoxy groups -OCH3 is 2. The zero-order chi connectivity index (χ0) is 16.0. The first kappa shape index (κ1) is 18.4. The molecule has 1 rings (SSSR count). The molecule has 0 amide bonds. The van der Waals surface area contributed by atoms with Gasteiger partial charge in [0.1, 0.15) is 12.4 Å². The van der Waals surface area contributed by atoms with Crippen molar-refractivity contribution in [2.75, 3.05) is 53.9 Å². The number of ether oxygens (including phenoxy) is 5. The van der Waals surface area contributed by atoms with Gasteiger partial charge in [-0.3, -0.25) is 4.79 Å². The lowest BCUT2D eigenvalue weighted by atomic mass is 10.1. The summed E-state index contributed by atoms with van der Waals surface area (Å²) < 4.78 is 25.6. The molecule has 0 aromatic heterocycles. The highest BCUT2D eigenvalue weighted by atomic mass is 16.6. The van der Waals surface area contributed by atoms with Gasteiger partial charge in [-0.15, -0.1) is 0 Å². The highest BCUT2D eigenvalue weighted by molar-refractivity contribution is 5.72. The van der Waals surface area contributed by atoms with Crippen LogP contribution in [0.25, 0.3) is 0 Å². The van der Waals surface area contributed by atoms with Crippen molar-refractivity contribution < 1.29 is 28.5 Å². The summed E-state index contributed by atoms with van der Waals surface area (Å²) in [5, 5.41) is 0. The minimum Gasteiger partial charge on any atom is -0.491 e. The molecule has 0 saturated carbocycles. The van der Waals surface area contributed by atoms with Crippen LogP contribution in [0, 0.1) is 0 Å². The molecule has 6 heteroatoms. The van der Waals surface area contributed by atoms with Crippen molar-refractivity contribution in [1.29, 1.82) is 0 Å². The predicted molar refractivity (Wildman–Crippen MR) is 81.2 cm³/mol. The van der Waals surface area contributed by atoms with Crippen LogP contribution in [-0.2, 0) is 30.2 Å². The van der Waals surface area contributed by atoms with Crippen LogP contribution in [0.2, 0.25) is 0 Å². The Morgan fingerprint density at radius 1 is 0.864 bits per heavy atom. The average Bonchev–Trinajstić information content (AvgIpc) is 2.54. The van der Waals surface area contributed by atoms with E-state index in [-0.39, 0.29) is 12.4 Å². The number of esters is 1. The number of rotatable bonds is 12. The maximum atomic E-state index is 11.1. The summed E-state index contributed by atoms with van der Waals surface area (Å²) in [6, 6.07) is 7.34. The summed E-state index contributed by atoms with van der Waals surface area (Å²) in [5.74, 6) is 0.489.